The average molecular weight is 199 g/mol. The molecule has 0 spiro atoms. The lowest BCUT2D eigenvalue weighted by Crippen LogP contribution is -2.14. The van der Waals surface area contributed by atoms with Crippen molar-refractivity contribution in [1.82, 2.24) is 0 Å². The summed E-state index contributed by atoms with van der Waals surface area (Å²) in [5, 5.41) is 9.00. The number of benzene rings is 1. The van der Waals surface area contributed by atoms with E-state index in [1.54, 1.807) is 19.1 Å². The quantitative estimate of drug-likeness (QED) is 0.761. The summed E-state index contributed by atoms with van der Waals surface area (Å²) >= 11 is 0. The molecule has 0 saturated heterocycles. The summed E-state index contributed by atoms with van der Waals surface area (Å²) in [6.45, 7) is 1.82. The van der Waals surface area contributed by atoms with Crippen molar-refractivity contribution in [3.05, 3.63) is 29.6 Å². The van der Waals surface area contributed by atoms with Gasteiger partial charge in [0.2, 0.25) is 0 Å². The highest BCUT2D eigenvalue weighted by atomic mass is 19.1. The molecular formula is C10H14FNO2. The SMILES string of the molecule is CC(O)COc1cccc(F)c1CN. The Balaban J connectivity index is 2.80. The van der Waals surface area contributed by atoms with Gasteiger partial charge in [-0.3, -0.25) is 0 Å². The van der Waals surface area contributed by atoms with Crippen molar-refractivity contribution in [1.29, 1.82) is 0 Å². The van der Waals surface area contributed by atoms with Gasteiger partial charge in [0.15, 0.2) is 0 Å². The average Bonchev–Trinajstić information content (AvgIpc) is 2.14. The van der Waals surface area contributed by atoms with Gasteiger partial charge in [0.25, 0.3) is 0 Å². The van der Waals surface area contributed by atoms with Crippen LogP contribution in [0.15, 0.2) is 18.2 Å². The van der Waals surface area contributed by atoms with Gasteiger partial charge >= 0.3 is 0 Å². The summed E-state index contributed by atoms with van der Waals surface area (Å²) < 4.78 is 18.4. The molecular weight excluding hydrogens is 185 g/mol. The summed E-state index contributed by atoms with van der Waals surface area (Å²) in [6, 6.07) is 4.51. The van der Waals surface area contributed by atoms with Gasteiger partial charge in [-0.15, -0.1) is 0 Å². The summed E-state index contributed by atoms with van der Waals surface area (Å²) in [5.74, 6) is 0.0176. The zero-order valence-corrected chi connectivity index (χ0v) is 8.03. The van der Waals surface area contributed by atoms with E-state index in [0.717, 1.165) is 0 Å². The molecule has 0 saturated carbocycles. The first-order chi connectivity index (χ1) is 6.65. The highest BCUT2D eigenvalue weighted by Crippen LogP contribution is 2.20. The second-order valence-electron chi connectivity index (χ2n) is 3.08. The Morgan fingerprint density at radius 1 is 1.57 bits per heavy atom. The fraction of sp³-hybridized carbons (Fsp3) is 0.400. The molecule has 1 rings (SSSR count). The third-order valence-electron chi connectivity index (χ3n) is 1.76. The third-order valence-corrected chi connectivity index (χ3v) is 1.76. The number of halogens is 1. The van der Waals surface area contributed by atoms with Crippen LogP contribution in [0.1, 0.15) is 12.5 Å². The minimum atomic E-state index is -0.580. The predicted octanol–water partition coefficient (Wildman–Crippen LogP) is 1.04. The number of hydrogen-bond acceptors (Lipinski definition) is 3. The maximum absolute atomic E-state index is 13.2. The molecule has 0 fully saturated rings. The van der Waals surface area contributed by atoms with Crippen molar-refractivity contribution >= 4 is 0 Å². The molecule has 4 heteroatoms. The third kappa shape index (κ3) is 2.68. The second kappa shape index (κ2) is 4.93. The van der Waals surface area contributed by atoms with Crippen molar-refractivity contribution in [2.75, 3.05) is 6.61 Å². The van der Waals surface area contributed by atoms with E-state index < -0.39 is 6.10 Å². The molecule has 0 aliphatic rings. The van der Waals surface area contributed by atoms with Crippen LogP contribution in [0.25, 0.3) is 0 Å². The van der Waals surface area contributed by atoms with Gasteiger partial charge in [0.05, 0.1) is 6.10 Å². The lowest BCUT2D eigenvalue weighted by atomic mass is 10.2. The molecule has 1 aromatic carbocycles. The van der Waals surface area contributed by atoms with Gasteiger partial charge in [0, 0.05) is 12.1 Å². The molecule has 0 amide bonds. The van der Waals surface area contributed by atoms with Crippen LogP contribution >= 0.6 is 0 Å². The van der Waals surface area contributed by atoms with E-state index in [2.05, 4.69) is 0 Å². The molecule has 0 bridgehead atoms. The molecule has 1 aromatic rings. The first-order valence-corrected chi connectivity index (χ1v) is 4.43. The number of aliphatic hydroxyl groups is 1. The number of aliphatic hydroxyl groups excluding tert-OH is 1. The normalized spacial score (nSPS) is 12.6. The lowest BCUT2D eigenvalue weighted by molar-refractivity contribution is 0.122. The van der Waals surface area contributed by atoms with E-state index in [0.29, 0.717) is 11.3 Å². The Morgan fingerprint density at radius 3 is 2.86 bits per heavy atom. The maximum Gasteiger partial charge on any atom is 0.131 e. The molecule has 0 aliphatic carbocycles. The molecule has 3 N–H and O–H groups in total. The summed E-state index contributed by atoms with van der Waals surface area (Å²) in [7, 11) is 0. The van der Waals surface area contributed by atoms with Gasteiger partial charge < -0.3 is 15.6 Å². The number of rotatable bonds is 4. The minimum absolute atomic E-state index is 0.0851. The summed E-state index contributed by atoms with van der Waals surface area (Å²) in [4.78, 5) is 0. The van der Waals surface area contributed by atoms with Crippen LogP contribution in [0.3, 0.4) is 0 Å². The van der Waals surface area contributed by atoms with Crippen LogP contribution in [0, 0.1) is 5.82 Å². The van der Waals surface area contributed by atoms with Crippen LogP contribution in [0.5, 0.6) is 5.75 Å². The molecule has 14 heavy (non-hydrogen) atoms. The van der Waals surface area contributed by atoms with E-state index in [4.69, 9.17) is 15.6 Å². The van der Waals surface area contributed by atoms with E-state index in [-0.39, 0.29) is 19.0 Å². The fourth-order valence-corrected chi connectivity index (χ4v) is 1.08. The molecule has 3 nitrogen and oxygen atoms in total. The highest BCUT2D eigenvalue weighted by Gasteiger charge is 2.08. The molecule has 1 unspecified atom stereocenters. The van der Waals surface area contributed by atoms with E-state index >= 15 is 0 Å². The highest BCUT2D eigenvalue weighted by molar-refractivity contribution is 5.34. The van der Waals surface area contributed by atoms with Gasteiger partial charge in [-0.25, -0.2) is 4.39 Å². The van der Waals surface area contributed by atoms with Crippen LogP contribution in [0.2, 0.25) is 0 Å². The van der Waals surface area contributed by atoms with Crippen molar-refractivity contribution in [2.24, 2.45) is 5.73 Å². The Labute approximate surface area is 82.3 Å². The largest absolute Gasteiger partial charge is 0.490 e. The molecule has 0 heterocycles. The van der Waals surface area contributed by atoms with Gasteiger partial charge in [0.1, 0.15) is 18.2 Å². The number of ether oxygens (including phenoxy) is 1. The van der Waals surface area contributed by atoms with Gasteiger partial charge in [-0.1, -0.05) is 6.07 Å². The molecule has 0 radical (unpaired) electrons. The smallest absolute Gasteiger partial charge is 0.131 e. The minimum Gasteiger partial charge on any atom is -0.490 e. The Bertz CT molecular complexity index is 302. The van der Waals surface area contributed by atoms with E-state index in [1.807, 2.05) is 0 Å². The lowest BCUT2D eigenvalue weighted by Gasteiger charge is -2.11. The standard InChI is InChI=1S/C10H14FNO2/c1-7(13)6-14-10-4-2-3-9(11)8(10)5-12/h2-4,7,13H,5-6,12H2,1H3. The van der Waals surface area contributed by atoms with Crippen molar-refractivity contribution < 1.29 is 14.2 Å². The number of hydrogen-bond donors (Lipinski definition) is 2. The Hall–Kier alpha value is -1.13. The van der Waals surface area contributed by atoms with Crippen molar-refractivity contribution in [3.63, 3.8) is 0 Å². The number of nitrogens with two attached hydrogens (primary N) is 1. The molecule has 0 aliphatic heterocycles. The topological polar surface area (TPSA) is 55.5 Å². The van der Waals surface area contributed by atoms with Crippen LogP contribution < -0.4 is 10.5 Å². The predicted molar refractivity (Wildman–Crippen MR) is 51.5 cm³/mol. The summed E-state index contributed by atoms with van der Waals surface area (Å²) in [5.41, 5.74) is 5.72. The maximum atomic E-state index is 13.2. The summed E-state index contributed by atoms with van der Waals surface area (Å²) in [6.07, 6.45) is -0.580. The fourth-order valence-electron chi connectivity index (χ4n) is 1.08. The Morgan fingerprint density at radius 2 is 2.29 bits per heavy atom. The zero-order valence-electron chi connectivity index (χ0n) is 8.03. The Kier molecular flexibility index (Phi) is 3.85. The van der Waals surface area contributed by atoms with Crippen molar-refractivity contribution in [3.8, 4) is 5.75 Å². The molecule has 0 aromatic heterocycles. The van der Waals surface area contributed by atoms with Crippen LogP contribution in [0.4, 0.5) is 4.39 Å². The zero-order chi connectivity index (χ0) is 10.6. The van der Waals surface area contributed by atoms with Crippen molar-refractivity contribution in [2.45, 2.75) is 19.6 Å². The first-order valence-electron chi connectivity index (χ1n) is 4.43. The second-order valence-corrected chi connectivity index (χ2v) is 3.08. The molecule has 1 atom stereocenters. The van der Waals surface area contributed by atoms with Crippen LogP contribution in [-0.4, -0.2) is 17.8 Å². The monoisotopic (exact) mass is 199 g/mol. The van der Waals surface area contributed by atoms with E-state index in [9.17, 15) is 4.39 Å². The van der Waals surface area contributed by atoms with Crippen LogP contribution in [-0.2, 0) is 6.54 Å². The molecule has 78 valence electrons. The van der Waals surface area contributed by atoms with Gasteiger partial charge in [-0.2, -0.15) is 0 Å². The van der Waals surface area contributed by atoms with E-state index in [1.165, 1.54) is 6.07 Å². The first kappa shape index (κ1) is 10.9. The van der Waals surface area contributed by atoms with Gasteiger partial charge in [-0.05, 0) is 19.1 Å².